The molecule has 114 valence electrons. The van der Waals surface area contributed by atoms with Crippen molar-refractivity contribution in [2.75, 3.05) is 24.9 Å². The highest BCUT2D eigenvalue weighted by atomic mass is 35.5. The molecule has 0 atom stereocenters. The third-order valence-electron chi connectivity index (χ3n) is 2.91. The van der Waals surface area contributed by atoms with Crippen molar-refractivity contribution in [2.24, 2.45) is 0 Å². The minimum atomic E-state index is -2.91. The summed E-state index contributed by atoms with van der Waals surface area (Å²) in [6.07, 6.45) is 1.24. The molecule has 0 aliphatic heterocycles. The molecule has 0 amide bonds. The standard InChI is InChI=1S/C14H16ClNO3S2/c1-19-12-4-3-10-7-11(14(15)16-13(10)8-12)9-20-5-6-21(2,17)18/h3-4,7-8H,5-6,9H2,1-2H3. The molecule has 1 aromatic carbocycles. The Morgan fingerprint density at radius 1 is 1.33 bits per heavy atom. The SMILES string of the molecule is COc1ccc2cc(CSCCS(C)(=O)=O)c(Cl)nc2c1. The number of pyridine rings is 1. The van der Waals surface area contributed by atoms with Gasteiger partial charge in [0.15, 0.2) is 0 Å². The molecule has 0 N–H and O–H groups in total. The van der Waals surface area contributed by atoms with Gasteiger partial charge in [-0.15, -0.1) is 0 Å². The van der Waals surface area contributed by atoms with E-state index in [2.05, 4.69) is 4.98 Å². The number of hydrogen-bond donors (Lipinski definition) is 0. The molecule has 0 aliphatic carbocycles. The summed E-state index contributed by atoms with van der Waals surface area (Å²) < 4.78 is 27.3. The molecule has 0 fully saturated rings. The number of rotatable bonds is 6. The maximum absolute atomic E-state index is 11.1. The Bertz CT molecular complexity index is 747. The first-order valence-corrected chi connectivity index (χ1v) is 9.87. The van der Waals surface area contributed by atoms with Gasteiger partial charge >= 0.3 is 0 Å². The number of thioether (sulfide) groups is 1. The van der Waals surface area contributed by atoms with E-state index in [-0.39, 0.29) is 5.75 Å². The average Bonchev–Trinajstić information content (AvgIpc) is 2.42. The number of fused-ring (bicyclic) bond motifs is 1. The van der Waals surface area contributed by atoms with E-state index >= 15 is 0 Å². The Morgan fingerprint density at radius 3 is 2.76 bits per heavy atom. The van der Waals surface area contributed by atoms with E-state index in [1.165, 1.54) is 18.0 Å². The molecule has 1 heterocycles. The van der Waals surface area contributed by atoms with Crippen LogP contribution in [0.3, 0.4) is 0 Å². The molecule has 21 heavy (non-hydrogen) atoms. The quantitative estimate of drug-likeness (QED) is 0.594. The van der Waals surface area contributed by atoms with Crippen molar-refractivity contribution < 1.29 is 13.2 Å². The van der Waals surface area contributed by atoms with Gasteiger partial charge in [-0.1, -0.05) is 11.6 Å². The van der Waals surface area contributed by atoms with Gasteiger partial charge in [0, 0.05) is 34.8 Å². The molecule has 0 radical (unpaired) electrons. The summed E-state index contributed by atoms with van der Waals surface area (Å²) in [6, 6.07) is 7.63. The van der Waals surface area contributed by atoms with Crippen LogP contribution < -0.4 is 4.74 Å². The zero-order valence-electron chi connectivity index (χ0n) is 11.8. The van der Waals surface area contributed by atoms with Gasteiger partial charge in [0.25, 0.3) is 0 Å². The molecule has 0 bridgehead atoms. The molecule has 0 saturated carbocycles. The fourth-order valence-electron chi connectivity index (χ4n) is 1.79. The van der Waals surface area contributed by atoms with E-state index in [0.29, 0.717) is 16.7 Å². The highest BCUT2D eigenvalue weighted by Crippen LogP contribution is 2.26. The Morgan fingerprint density at radius 2 is 2.10 bits per heavy atom. The van der Waals surface area contributed by atoms with E-state index in [0.717, 1.165) is 22.2 Å². The summed E-state index contributed by atoms with van der Waals surface area (Å²) in [4.78, 5) is 4.37. The van der Waals surface area contributed by atoms with Gasteiger partial charge in [-0.2, -0.15) is 11.8 Å². The number of hydrogen-bond acceptors (Lipinski definition) is 5. The predicted octanol–water partition coefficient (Wildman–Crippen LogP) is 3.17. The maximum Gasteiger partial charge on any atom is 0.148 e. The van der Waals surface area contributed by atoms with Gasteiger partial charge in [0.05, 0.1) is 18.4 Å². The van der Waals surface area contributed by atoms with Crippen LogP contribution in [0.15, 0.2) is 24.3 Å². The molecule has 0 spiro atoms. The summed E-state index contributed by atoms with van der Waals surface area (Å²) >= 11 is 7.72. The summed E-state index contributed by atoms with van der Waals surface area (Å²) in [5, 5.41) is 1.43. The van der Waals surface area contributed by atoms with Crippen LogP contribution in [0.5, 0.6) is 5.75 Å². The van der Waals surface area contributed by atoms with Crippen molar-refractivity contribution in [3.05, 3.63) is 35.0 Å². The minimum absolute atomic E-state index is 0.174. The Kier molecular flexibility index (Phi) is 5.35. The molecule has 0 saturated heterocycles. The van der Waals surface area contributed by atoms with E-state index < -0.39 is 9.84 Å². The first-order chi connectivity index (χ1) is 9.89. The zero-order valence-corrected chi connectivity index (χ0v) is 14.2. The van der Waals surface area contributed by atoms with Crippen molar-refractivity contribution in [1.29, 1.82) is 0 Å². The second kappa shape index (κ2) is 6.85. The Balaban J connectivity index is 2.12. The van der Waals surface area contributed by atoms with Crippen molar-refractivity contribution in [3.8, 4) is 5.75 Å². The van der Waals surface area contributed by atoms with Crippen LogP contribution >= 0.6 is 23.4 Å². The lowest BCUT2D eigenvalue weighted by Crippen LogP contribution is -2.05. The fraction of sp³-hybridized carbons (Fsp3) is 0.357. The van der Waals surface area contributed by atoms with Gasteiger partial charge in [-0.25, -0.2) is 13.4 Å². The monoisotopic (exact) mass is 345 g/mol. The van der Waals surface area contributed by atoms with Crippen LogP contribution in [0.25, 0.3) is 10.9 Å². The Hall–Kier alpha value is -0.980. The number of halogens is 1. The molecular weight excluding hydrogens is 330 g/mol. The summed E-state index contributed by atoms with van der Waals surface area (Å²) in [5.41, 5.74) is 1.69. The first kappa shape index (κ1) is 16.4. The van der Waals surface area contributed by atoms with Gasteiger partial charge < -0.3 is 4.74 Å². The lowest BCUT2D eigenvalue weighted by Gasteiger charge is -2.07. The smallest absolute Gasteiger partial charge is 0.148 e. The zero-order chi connectivity index (χ0) is 15.5. The third kappa shape index (κ3) is 4.76. The van der Waals surface area contributed by atoms with Crippen molar-refractivity contribution in [3.63, 3.8) is 0 Å². The first-order valence-electron chi connectivity index (χ1n) is 6.28. The van der Waals surface area contributed by atoms with E-state index in [4.69, 9.17) is 16.3 Å². The largest absolute Gasteiger partial charge is 0.497 e. The lowest BCUT2D eigenvalue weighted by atomic mass is 10.1. The molecule has 0 aliphatic rings. The normalized spacial score (nSPS) is 11.8. The lowest BCUT2D eigenvalue weighted by molar-refractivity contribution is 0.415. The van der Waals surface area contributed by atoms with Crippen LogP contribution in [0, 0.1) is 0 Å². The maximum atomic E-state index is 11.1. The molecule has 2 rings (SSSR count). The predicted molar refractivity (Wildman–Crippen MR) is 89.2 cm³/mol. The summed E-state index contributed by atoms with van der Waals surface area (Å²) in [6.45, 7) is 0. The van der Waals surface area contributed by atoms with Gasteiger partial charge in [-0.05, 0) is 18.2 Å². The van der Waals surface area contributed by atoms with Crippen LogP contribution in [0.2, 0.25) is 5.15 Å². The van der Waals surface area contributed by atoms with Gasteiger partial charge in [0.1, 0.15) is 20.7 Å². The second-order valence-corrected chi connectivity index (χ2v) is 8.40. The number of nitrogens with zero attached hydrogens (tertiary/aromatic N) is 1. The summed E-state index contributed by atoms with van der Waals surface area (Å²) in [7, 11) is -1.31. The Labute approximate surface area is 133 Å². The molecule has 4 nitrogen and oxygen atoms in total. The van der Waals surface area contributed by atoms with Crippen molar-refractivity contribution in [2.45, 2.75) is 5.75 Å². The average molecular weight is 346 g/mol. The topological polar surface area (TPSA) is 56.3 Å². The van der Waals surface area contributed by atoms with E-state index in [1.807, 2.05) is 24.3 Å². The van der Waals surface area contributed by atoms with Crippen LogP contribution in [0.4, 0.5) is 0 Å². The number of aromatic nitrogens is 1. The number of methoxy groups -OCH3 is 1. The van der Waals surface area contributed by atoms with Crippen LogP contribution in [0.1, 0.15) is 5.56 Å². The van der Waals surface area contributed by atoms with Crippen molar-refractivity contribution >= 4 is 44.1 Å². The van der Waals surface area contributed by atoms with Gasteiger partial charge in [0.2, 0.25) is 0 Å². The van der Waals surface area contributed by atoms with Crippen LogP contribution in [-0.2, 0) is 15.6 Å². The van der Waals surface area contributed by atoms with Gasteiger partial charge in [-0.3, -0.25) is 0 Å². The molecule has 1 aromatic heterocycles. The summed E-state index contributed by atoms with van der Waals surface area (Å²) in [5.74, 6) is 2.11. The molecule has 0 unspecified atom stereocenters. The molecule has 2 aromatic rings. The number of sulfone groups is 1. The van der Waals surface area contributed by atoms with Crippen LogP contribution in [-0.4, -0.2) is 38.3 Å². The third-order valence-corrected chi connectivity index (χ3v) is 5.45. The molecule has 7 heteroatoms. The highest BCUT2D eigenvalue weighted by molar-refractivity contribution is 7.99. The van der Waals surface area contributed by atoms with Crippen molar-refractivity contribution in [1.82, 2.24) is 4.98 Å². The van der Waals surface area contributed by atoms with E-state index in [9.17, 15) is 8.42 Å². The highest BCUT2D eigenvalue weighted by Gasteiger charge is 2.07. The van der Waals surface area contributed by atoms with E-state index in [1.54, 1.807) is 7.11 Å². The molecular formula is C14H16ClNO3S2. The second-order valence-electron chi connectivity index (χ2n) is 4.68. The minimum Gasteiger partial charge on any atom is -0.497 e. The number of benzene rings is 1. The number of ether oxygens (including phenoxy) is 1. The fourth-order valence-corrected chi connectivity index (χ4v) is 4.35.